The van der Waals surface area contributed by atoms with Gasteiger partial charge in [-0.1, -0.05) is 18.2 Å². The summed E-state index contributed by atoms with van der Waals surface area (Å²) in [6.07, 6.45) is 1.09. The highest BCUT2D eigenvalue weighted by Gasteiger charge is 2.38. The molecule has 1 fully saturated rings. The highest BCUT2D eigenvalue weighted by atomic mass is 32.2. The van der Waals surface area contributed by atoms with E-state index < -0.39 is 23.3 Å². The van der Waals surface area contributed by atoms with Crippen LogP contribution in [0.2, 0.25) is 6.82 Å². The minimum Gasteiger partial charge on any atom is -0.492 e. The van der Waals surface area contributed by atoms with Gasteiger partial charge in [0.05, 0.1) is 12.4 Å². The second kappa shape index (κ2) is 6.78. The minimum atomic E-state index is -3.50. The van der Waals surface area contributed by atoms with Crippen LogP contribution < -0.4 is 4.74 Å². The first-order valence-corrected chi connectivity index (χ1v) is 8.67. The van der Waals surface area contributed by atoms with Crippen LogP contribution in [0, 0.1) is 0 Å². The van der Waals surface area contributed by atoms with Crippen molar-refractivity contribution in [2.75, 3.05) is 19.4 Å². The van der Waals surface area contributed by atoms with Gasteiger partial charge in [-0.25, -0.2) is 0 Å². The molecule has 1 aromatic carbocycles. The SMILES string of the molecule is CB(O)N1C[C@@H](OS(C)(=O)=O)C[C@@H]1COc1ccccc1. The smallest absolute Gasteiger partial charge is 0.376 e. The number of hydrogen-bond acceptors (Lipinski definition) is 6. The molecule has 0 saturated carbocycles. The lowest BCUT2D eigenvalue weighted by Gasteiger charge is -2.24. The Hall–Kier alpha value is -1.09. The number of benzene rings is 1. The van der Waals surface area contributed by atoms with Crippen molar-refractivity contribution in [2.24, 2.45) is 0 Å². The molecule has 1 saturated heterocycles. The maximum absolute atomic E-state index is 11.2. The van der Waals surface area contributed by atoms with Gasteiger partial charge in [0.2, 0.25) is 0 Å². The number of ether oxygens (including phenoxy) is 1. The molecule has 0 radical (unpaired) electrons. The Morgan fingerprint density at radius 2 is 2.05 bits per heavy atom. The average molecular weight is 313 g/mol. The predicted molar refractivity (Wildman–Crippen MR) is 80.6 cm³/mol. The molecule has 21 heavy (non-hydrogen) atoms. The van der Waals surface area contributed by atoms with Crippen molar-refractivity contribution < 1.29 is 22.4 Å². The van der Waals surface area contributed by atoms with E-state index in [2.05, 4.69) is 0 Å². The molecule has 0 unspecified atom stereocenters. The molecule has 1 heterocycles. The van der Waals surface area contributed by atoms with Crippen LogP contribution in [0.1, 0.15) is 6.42 Å². The first-order chi connectivity index (χ1) is 9.85. The molecule has 0 amide bonds. The molecule has 0 bridgehead atoms. The second-order valence-electron chi connectivity index (χ2n) is 5.26. The summed E-state index contributed by atoms with van der Waals surface area (Å²) in [7, 11) is -4.17. The van der Waals surface area contributed by atoms with Crippen molar-refractivity contribution in [1.29, 1.82) is 0 Å². The minimum absolute atomic E-state index is 0.0862. The molecular formula is C13H20BNO5S. The molecule has 1 aliphatic rings. The Bertz CT molecular complexity index is 551. The summed E-state index contributed by atoms with van der Waals surface area (Å²) in [5, 5.41) is 9.80. The van der Waals surface area contributed by atoms with Gasteiger partial charge < -0.3 is 14.6 Å². The van der Waals surface area contributed by atoms with Crippen LogP contribution in [-0.2, 0) is 14.3 Å². The zero-order chi connectivity index (χ0) is 15.5. The first-order valence-electron chi connectivity index (χ1n) is 6.85. The lowest BCUT2D eigenvalue weighted by molar-refractivity contribution is 0.217. The van der Waals surface area contributed by atoms with Gasteiger partial charge >= 0.3 is 7.05 Å². The molecule has 1 aromatic rings. The van der Waals surface area contributed by atoms with E-state index in [0.29, 0.717) is 19.6 Å². The third kappa shape index (κ3) is 5.00. The summed E-state index contributed by atoms with van der Waals surface area (Å²) < 4.78 is 33.1. The van der Waals surface area contributed by atoms with E-state index in [-0.39, 0.29) is 6.04 Å². The highest BCUT2D eigenvalue weighted by molar-refractivity contribution is 7.86. The number of nitrogens with zero attached hydrogens (tertiary/aromatic N) is 1. The third-order valence-corrected chi connectivity index (χ3v) is 4.02. The van der Waals surface area contributed by atoms with Crippen molar-refractivity contribution in [1.82, 2.24) is 4.81 Å². The predicted octanol–water partition coefficient (Wildman–Crippen LogP) is 0.595. The summed E-state index contributed by atoms with van der Waals surface area (Å²) in [6, 6.07) is 9.29. The van der Waals surface area contributed by atoms with Crippen molar-refractivity contribution in [2.45, 2.75) is 25.4 Å². The Labute approximate surface area is 125 Å². The van der Waals surface area contributed by atoms with Gasteiger partial charge in [0.1, 0.15) is 12.4 Å². The van der Waals surface area contributed by atoms with E-state index >= 15 is 0 Å². The lowest BCUT2D eigenvalue weighted by atomic mass is 9.84. The van der Waals surface area contributed by atoms with E-state index in [9.17, 15) is 13.4 Å². The van der Waals surface area contributed by atoms with Gasteiger partial charge in [0, 0.05) is 12.6 Å². The fourth-order valence-corrected chi connectivity index (χ4v) is 3.18. The van der Waals surface area contributed by atoms with Crippen LogP contribution in [0.4, 0.5) is 0 Å². The quantitative estimate of drug-likeness (QED) is 0.612. The van der Waals surface area contributed by atoms with E-state index in [1.54, 1.807) is 11.6 Å². The maximum atomic E-state index is 11.2. The van der Waals surface area contributed by atoms with Gasteiger partial charge in [-0.3, -0.25) is 4.18 Å². The van der Waals surface area contributed by atoms with E-state index in [1.807, 2.05) is 30.3 Å². The molecule has 8 heteroatoms. The van der Waals surface area contributed by atoms with Crippen LogP contribution in [-0.4, -0.2) is 56.9 Å². The summed E-state index contributed by atoms with van der Waals surface area (Å²) in [5.41, 5.74) is 0. The van der Waals surface area contributed by atoms with E-state index in [4.69, 9.17) is 8.92 Å². The fraction of sp³-hybridized carbons (Fsp3) is 0.538. The van der Waals surface area contributed by atoms with Gasteiger partial charge in [-0.05, 0) is 25.4 Å². The summed E-state index contributed by atoms with van der Waals surface area (Å²) in [4.78, 5) is 1.79. The molecule has 2 rings (SSSR count). The zero-order valence-electron chi connectivity index (χ0n) is 12.2. The van der Waals surface area contributed by atoms with Gasteiger partial charge in [0.25, 0.3) is 10.1 Å². The second-order valence-corrected chi connectivity index (χ2v) is 6.87. The molecule has 6 nitrogen and oxygen atoms in total. The monoisotopic (exact) mass is 313 g/mol. The number of hydrogen-bond donors (Lipinski definition) is 1. The molecule has 1 aliphatic heterocycles. The Kier molecular flexibility index (Phi) is 5.26. The zero-order valence-corrected chi connectivity index (χ0v) is 13.0. The Balaban J connectivity index is 1.96. The maximum Gasteiger partial charge on any atom is 0.376 e. The van der Waals surface area contributed by atoms with Crippen molar-refractivity contribution in [3.8, 4) is 5.75 Å². The molecule has 0 aliphatic carbocycles. The van der Waals surface area contributed by atoms with Crippen LogP contribution in [0.5, 0.6) is 5.75 Å². The molecule has 0 spiro atoms. The van der Waals surface area contributed by atoms with Gasteiger partial charge in [-0.15, -0.1) is 0 Å². The van der Waals surface area contributed by atoms with Crippen molar-refractivity contribution >= 4 is 17.2 Å². The van der Waals surface area contributed by atoms with E-state index in [1.165, 1.54) is 0 Å². The number of para-hydroxylation sites is 1. The topological polar surface area (TPSA) is 76.1 Å². The lowest BCUT2D eigenvalue weighted by Crippen LogP contribution is -2.43. The normalized spacial score (nSPS) is 23.2. The Morgan fingerprint density at radius 1 is 1.38 bits per heavy atom. The van der Waals surface area contributed by atoms with Crippen LogP contribution >= 0.6 is 0 Å². The largest absolute Gasteiger partial charge is 0.492 e. The van der Waals surface area contributed by atoms with E-state index in [0.717, 1.165) is 12.0 Å². The van der Waals surface area contributed by atoms with Crippen molar-refractivity contribution in [3.63, 3.8) is 0 Å². The molecule has 116 valence electrons. The fourth-order valence-electron chi connectivity index (χ4n) is 2.55. The standard InChI is InChI=1S/C13H20BNO5S/c1-14(16)15-9-13(20-21(2,17)18)8-11(15)10-19-12-6-4-3-5-7-12/h3-7,11,13,16H,8-10H2,1-2H3/t11-,13+/m1/s1. The third-order valence-electron chi connectivity index (χ3n) is 3.39. The molecular weight excluding hydrogens is 293 g/mol. The van der Waals surface area contributed by atoms with Gasteiger partial charge in [-0.2, -0.15) is 8.42 Å². The van der Waals surface area contributed by atoms with Crippen LogP contribution in [0.15, 0.2) is 30.3 Å². The Morgan fingerprint density at radius 3 is 2.62 bits per heavy atom. The van der Waals surface area contributed by atoms with Crippen LogP contribution in [0.3, 0.4) is 0 Å². The number of rotatable bonds is 6. The summed E-state index contributed by atoms with van der Waals surface area (Å²) >= 11 is 0. The van der Waals surface area contributed by atoms with Gasteiger partial charge in [0.15, 0.2) is 0 Å². The first kappa shape index (κ1) is 16.3. The van der Waals surface area contributed by atoms with Crippen LogP contribution in [0.25, 0.3) is 0 Å². The van der Waals surface area contributed by atoms with Crippen molar-refractivity contribution in [3.05, 3.63) is 30.3 Å². The average Bonchev–Trinajstić information content (AvgIpc) is 2.78. The summed E-state index contributed by atoms with van der Waals surface area (Å²) in [5.74, 6) is 0.746. The highest BCUT2D eigenvalue weighted by Crippen LogP contribution is 2.23. The molecule has 0 aromatic heterocycles. The molecule has 1 N–H and O–H groups in total. The summed E-state index contributed by atoms with van der Waals surface area (Å²) in [6.45, 7) is 2.39. The molecule has 2 atom stereocenters.